The lowest BCUT2D eigenvalue weighted by Gasteiger charge is -2.20. The molecule has 1 aliphatic rings. The Morgan fingerprint density at radius 3 is 2.78 bits per heavy atom. The number of anilines is 1. The van der Waals surface area contributed by atoms with E-state index in [1.165, 1.54) is 0 Å². The fourth-order valence-electron chi connectivity index (χ4n) is 4.22. The fourth-order valence-corrected chi connectivity index (χ4v) is 4.22. The van der Waals surface area contributed by atoms with Crippen LogP contribution in [0.5, 0.6) is 5.75 Å². The van der Waals surface area contributed by atoms with Crippen LogP contribution in [-0.2, 0) is 17.8 Å². The SMILES string of the molecule is C[C@@H](c1ccccc1)n1c(COc2ccc3c(c2)CCC(=O)N3)nc2ccc(C#N)cc21. The molecule has 0 saturated carbocycles. The first-order chi connectivity index (χ1) is 15.6. The highest BCUT2D eigenvalue weighted by molar-refractivity contribution is 5.94. The summed E-state index contributed by atoms with van der Waals surface area (Å²) in [5.74, 6) is 1.58. The number of fused-ring (bicyclic) bond motifs is 2. The summed E-state index contributed by atoms with van der Waals surface area (Å²) in [5.41, 5.74) is 5.42. The Morgan fingerprint density at radius 1 is 1.12 bits per heavy atom. The monoisotopic (exact) mass is 422 g/mol. The quantitative estimate of drug-likeness (QED) is 0.492. The third-order valence-corrected chi connectivity index (χ3v) is 5.90. The van der Waals surface area contributed by atoms with Gasteiger partial charge in [-0.15, -0.1) is 0 Å². The van der Waals surface area contributed by atoms with Gasteiger partial charge >= 0.3 is 0 Å². The van der Waals surface area contributed by atoms with Crippen molar-refractivity contribution in [3.63, 3.8) is 0 Å². The van der Waals surface area contributed by atoms with Crippen LogP contribution in [0.2, 0.25) is 0 Å². The summed E-state index contributed by atoms with van der Waals surface area (Å²) in [6, 6.07) is 23.8. The number of nitriles is 1. The lowest BCUT2D eigenvalue weighted by molar-refractivity contribution is -0.116. The third-order valence-electron chi connectivity index (χ3n) is 5.90. The lowest BCUT2D eigenvalue weighted by Crippen LogP contribution is -2.18. The minimum Gasteiger partial charge on any atom is -0.486 e. The van der Waals surface area contributed by atoms with E-state index < -0.39 is 0 Å². The van der Waals surface area contributed by atoms with Crippen LogP contribution in [0.1, 0.15) is 41.9 Å². The van der Waals surface area contributed by atoms with Crippen LogP contribution in [0.25, 0.3) is 11.0 Å². The van der Waals surface area contributed by atoms with Gasteiger partial charge in [-0.3, -0.25) is 4.79 Å². The van der Waals surface area contributed by atoms with Crippen molar-refractivity contribution in [2.45, 2.75) is 32.4 Å². The molecule has 1 atom stereocenters. The van der Waals surface area contributed by atoms with Gasteiger partial charge in [0.15, 0.2) is 0 Å². The van der Waals surface area contributed by atoms with Gasteiger partial charge < -0.3 is 14.6 Å². The molecule has 3 aromatic carbocycles. The van der Waals surface area contributed by atoms with E-state index >= 15 is 0 Å². The molecule has 0 spiro atoms. The summed E-state index contributed by atoms with van der Waals surface area (Å²) in [6.07, 6.45) is 1.20. The molecule has 1 aromatic heterocycles. The van der Waals surface area contributed by atoms with Crippen molar-refractivity contribution in [3.8, 4) is 11.8 Å². The highest BCUT2D eigenvalue weighted by Crippen LogP contribution is 2.30. The molecule has 1 aliphatic heterocycles. The van der Waals surface area contributed by atoms with Crippen LogP contribution in [0.15, 0.2) is 66.7 Å². The second-order valence-corrected chi connectivity index (χ2v) is 7.96. The van der Waals surface area contributed by atoms with Crippen molar-refractivity contribution < 1.29 is 9.53 Å². The molecule has 4 aromatic rings. The molecule has 0 aliphatic carbocycles. The maximum absolute atomic E-state index is 11.6. The number of nitrogens with zero attached hydrogens (tertiary/aromatic N) is 3. The van der Waals surface area contributed by atoms with Crippen molar-refractivity contribution in [2.75, 3.05) is 5.32 Å². The molecule has 0 fully saturated rings. The zero-order valence-corrected chi connectivity index (χ0v) is 17.7. The van der Waals surface area contributed by atoms with Crippen molar-refractivity contribution >= 4 is 22.6 Å². The molecule has 6 heteroatoms. The summed E-state index contributed by atoms with van der Waals surface area (Å²) in [6.45, 7) is 2.42. The first kappa shape index (κ1) is 19.8. The van der Waals surface area contributed by atoms with Crippen molar-refractivity contribution in [2.24, 2.45) is 0 Å². The number of carbonyl (C=O) groups is 1. The predicted molar refractivity (Wildman–Crippen MR) is 122 cm³/mol. The van der Waals surface area contributed by atoms with E-state index in [4.69, 9.17) is 9.72 Å². The van der Waals surface area contributed by atoms with E-state index in [9.17, 15) is 10.1 Å². The molecule has 6 nitrogen and oxygen atoms in total. The van der Waals surface area contributed by atoms with E-state index in [0.29, 0.717) is 25.0 Å². The number of amides is 1. The molecular weight excluding hydrogens is 400 g/mol. The standard InChI is InChI=1S/C26H22N4O2/c1-17(19-5-3-2-4-6-19)30-24-13-18(15-27)7-10-23(24)28-25(30)16-32-21-9-11-22-20(14-21)8-12-26(31)29-22/h2-7,9-11,13-14,17H,8,12,16H2,1H3,(H,29,31)/t17-/m0/s1. The molecule has 1 amide bonds. The molecule has 0 radical (unpaired) electrons. The number of nitrogens with one attached hydrogen (secondary N) is 1. The molecule has 0 unspecified atom stereocenters. The molecule has 0 bridgehead atoms. The van der Waals surface area contributed by atoms with Gasteiger partial charge in [-0.05, 0) is 60.9 Å². The summed E-state index contributed by atoms with van der Waals surface area (Å²) < 4.78 is 8.28. The highest BCUT2D eigenvalue weighted by atomic mass is 16.5. The average molecular weight is 422 g/mol. The minimum atomic E-state index is 0.0208. The van der Waals surface area contributed by atoms with Crippen molar-refractivity contribution in [1.29, 1.82) is 5.26 Å². The van der Waals surface area contributed by atoms with Gasteiger partial charge in [0.05, 0.1) is 28.7 Å². The molecule has 1 N–H and O–H groups in total. The molecule has 5 rings (SSSR count). The van der Waals surface area contributed by atoms with Gasteiger partial charge in [0.2, 0.25) is 5.91 Å². The Labute approximate surface area is 186 Å². The molecule has 32 heavy (non-hydrogen) atoms. The Hall–Kier alpha value is -4.11. The number of ether oxygens (including phenoxy) is 1. The maximum atomic E-state index is 11.6. The Kier molecular flexibility index (Phi) is 5.08. The summed E-state index contributed by atoms with van der Waals surface area (Å²) >= 11 is 0. The smallest absolute Gasteiger partial charge is 0.224 e. The van der Waals surface area contributed by atoms with E-state index in [1.807, 2.05) is 48.5 Å². The Morgan fingerprint density at radius 2 is 1.97 bits per heavy atom. The second kappa shape index (κ2) is 8.20. The number of hydrogen-bond donors (Lipinski definition) is 1. The number of rotatable bonds is 5. The van der Waals surface area contributed by atoms with Crippen molar-refractivity contribution in [3.05, 3.63) is 89.2 Å². The molecule has 158 valence electrons. The minimum absolute atomic E-state index is 0.0208. The van der Waals surface area contributed by atoms with Crippen LogP contribution in [0.4, 0.5) is 5.69 Å². The molecule has 0 saturated heterocycles. The summed E-state index contributed by atoms with van der Waals surface area (Å²) in [4.78, 5) is 16.4. The summed E-state index contributed by atoms with van der Waals surface area (Å²) in [7, 11) is 0. The van der Waals surface area contributed by atoms with Gasteiger partial charge in [-0.25, -0.2) is 4.98 Å². The topological polar surface area (TPSA) is 79.9 Å². The van der Waals surface area contributed by atoms with Crippen LogP contribution < -0.4 is 10.1 Å². The first-order valence-corrected chi connectivity index (χ1v) is 10.6. The first-order valence-electron chi connectivity index (χ1n) is 10.6. The fraction of sp³-hybridized carbons (Fsp3) is 0.192. The van der Waals surface area contributed by atoms with E-state index in [2.05, 4.69) is 35.0 Å². The van der Waals surface area contributed by atoms with Crippen LogP contribution in [0, 0.1) is 11.3 Å². The number of aryl methyl sites for hydroxylation is 1. The van der Waals surface area contributed by atoms with Gasteiger partial charge in [-0.2, -0.15) is 5.26 Å². The van der Waals surface area contributed by atoms with Crippen molar-refractivity contribution in [1.82, 2.24) is 9.55 Å². The molecular formula is C26H22N4O2. The largest absolute Gasteiger partial charge is 0.486 e. The van der Waals surface area contributed by atoms with Crippen LogP contribution >= 0.6 is 0 Å². The van der Waals surface area contributed by atoms with Gasteiger partial charge in [-0.1, -0.05) is 30.3 Å². The zero-order chi connectivity index (χ0) is 22.1. The van der Waals surface area contributed by atoms with Crippen LogP contribution in [-0.4, -0.2) is 15.5 Å². The normalized spacial score (nSPS) is 13.8. The van der Waals surface area contributed by atoms with E-state index in [0.717, 1.165) is 39.4 Å². The molecule has 2 heterocycles. The van der Waals surface area contributed by atoms with Gasteiger partial charge in [0.25, 0.3) is 0 Å². The Bertz CT molecular complexity index is 1350. The number of carbonyl (C=O) groups excluding carboxylic acids is 1. The van der Waals surface area contributed by atoms with E-state index in [-0.39, 0.29) is 11.9 Å². The maximum Gasteiger partial charge on any atom is 0.224 e. The number of aromatic nitrogens is 2. The van der Waals surface area contributed by atoms with Gasteiger partial charge in [0.1, 0.15) is 18.2 Å². The third kappa shape index (κ3) is 3.69. The summed E-state index contributed by atoms with van der Waals surface area (Å²) in [5, 5.41) is 12.3. The Balaban J connectivity index is 1.49. The number of imidazole rings is 1. The zero-order valence-electron chi connectivity index (χ0n) is 17.7. The second-order valence-electron chi connectivity index (χ2n) is 7.96. The number of hydrogen-bond acceptors (Lipinski definition) is 4. The predicted octanol–water partition coefficient (Wildman–Crippen LogP) is 4.98. The van der Waals surface area contributed by atoms with Crippen LogP contribution in [0.3, 0.4) is 0 Å². The lowest BCUT2D eigenvalue weighted by atomic mass is 10.0. The highest BCUT2D eigenvalue weighted by Gasteiger charge is 2.19. The average Bonchev–Trinajstić information content (AvgIpc) is 3.20. The van der Waals surface area contributed by atoms with E-state index in [1.54, 1.807) is 6.07 Å². The van der Waals surface area contributed by atoms with Gasteiger partial charge in [0, 0.05) is 12.1 Å². The number of benzene rings is 3.